The number of aromatic nitrogens is 2. The van der Waals surface area contributed by atoms with Crippen molar-refractivity contribution in [2.24, 2.45) is 14.1 Å². The van der Waals surface area contributed by atoms with Gasteiger partial charge in [-0.05, 0) is 6.42 Å². The Hall–Kier alpha value is -1.85. The van der Waals surface area contributed by atoms with E-state index in [1.165, 1.54) is 14.1 Å². The number of hydrogen-bond donors (Lipinski definition) is 0. The van der Waals surface area contributed by atoms with Crippen LogP contribution in [0.2, 0.25) is 0 Å². The van der Waals surface area contributed by atoms with Crippen LogP contribution in [0.4, 0.5) is 0 Å². The van der Waals surface area contributed by atoms with E-state index in [1.807, 2.05) is 0 Å². The van der Waals surface area contributed by atoms with Crippen LogP contribution in [-0.4, -0.2) is 34.9 Å². The predicted octanol–water partition coefficient (Wildman–Crippen LogP) is -0.882. The molecule has 110 valence electrons. The molecule has 8 heteroatoms. The molecule has 0 aliphatic rings. The molecule has 0 radical (unpaired) electrons. The number of terminal acetylenes is 1. The van der Waals surface area contributed by atoms with E-state index in [0.717, 1.165) is 19.6 Å². The van der Waals surface area contributed by atoms with E-state index in [4.69, 9.17) is 6.42 Å². The van der Waals surface area contributed by atoms with Crippen molar-refractivity contribution in [1.82, 2.24) is 13.4 Å². The zero-order valence-corrected chi connectivity index (χ0v) is 12.5. The Labute approximate surface area is 117 Å². The zero-order chi connectivity index (χ0) is 15.5. The Balaban J connectivity index is 3.55. The first-order valence-electron chi connectivity index (χ1n) is 5.97. The van der Waals surface area contributed by atoms with Gasteiger partial charge < -0.3 is 4.57 Å². The Kier molecular flexibility index (Phi) is 4.92. The average molecular weight is 299 g/mol. The van der Waals surface area contributed by atoms with E-state index in [2.05, 4.69) is 5.92 Å². The molecule has 1 aromatic heterocycles. The molecule has 0 atom stereocenters. The maximum absolute atomic E-state index is 12.5. The van der Waals surface area contributed by atoms with Crippen LogP contribution in [0.1, 0.15) is 13.3 Å². The van der Waals surface area contributed by atoms with Crippen molar-refractivity contribution in [3.05, 3.63) is 27.0 Å². The summed E-state index contributed by atoms with van der Waals surface area (Å²) in [6.07, 6.45) is 6.75. The highest BCUT2D eigenvalue weighted by molar-refractivity contribution is 7.89. The fourth-order valence-corrected chi connectivity index (χ4v) is 3.32. The van der Waals surface area contributed by atoms with Gasteiger partial charge in [-0.15, -0.1) is 6.42 Å². The minimum absolute atomic E-state index is 0.123. The molecule has 1 heterocycles. The third kappa shape index (κ3) is 2.84. The maximum atomic E-state index is 12.5. The van der Waals surface area contributed by atoms with E-state index >= 15 is 0 Å². The summed E-state index contributed by atoms with van der Waals surface area (Å²) >= 11 is 0. The van der Waals surface area contributed by atoms with Gasteiger partial charge in [0.1, 0.15) is 0 Å². The third-order valence-corrected chi connectivity index (χ3v) is 4.60. The first kappa shape index (κ1) is 16.2. The predicted molar refractivity (Wildman–Crippen MR) is 74.8 cm³/mol. The SMILES string of the molecule is C#CCN(CCC)S(=O)(=O)c1cn(C)c(=O)n(C)c1=O. The molecule has 0 bridgehead atoms. The largest absolute Gasteiger partial charge is 0.330 e. The highest BCUT2D eigenvalue weighted by Gasteiger charge is 2.27. The molecule has 20 heavy (non-hydrogen) atoms. The summed E-state index contributed by atoms with van der Waals surface area (Å²) in [5, 5.41) is 0. The van der Waals surface area contributed by atoms with Gasteiger partial charge in [-0.1, -0.05) is 12.8 Å². The summed E-state index contributed by atoms with van der Waals surface area (Å²) in [4.78, 5) is 23.1. The smallest absolute Gasteiger partial charge is 0.302 e. The molecular weight excluding hydrogens is 282 g/mol. The molecule has 0 aliphatic heterocycles. The van der Waals surface area contributed by atoms with Gasteiger partial charge in [0, 0.05) is 26.8 Å². The van der Waals surface area contributed by atoms with E-state index in [0.29, 0.717) is 6.42 Å². The summed E-state index contributed by atoms with van der Waals surface area (Å²) in [5.41, 5.74) is -1.45. The molecule has 0 fully saturated rings. The Morgan fingerprint density at radius 2 is 1.95 bits per heavy atom. The third-order valence-electron chi connectivity index (χ3n) is 2.77. The van der Waals surface area contributed by atoms with Gasteiger partial charge in [0.05, 0.1) is 6.54 Å². The molecule has 0 amide bonds. The first-order chi connectivity index (χ1) is 9.27. The van der Waals surface area contributed by atoms with Crippen LogP contribution in [-0.2, 0) is 24.1 Å². The van der Waals surface area contributed by atoms with Crippen LogP contribution in [0.5, 0.6) is 0 Å². The van der Waals surface area contributed by atoms with Crippen molar-refractivity contribution in [3.8, 4) is 12.3 Å². The molecule has 0 saturated heterocycles. The zero-order valence-electron chi connectivity index (χ0n) is 11.7. The van der Waals surface area contributed by atoms with Crippen LogP contribution in [0.15, 0.2) is 20.7 Å². The maximum Gasteiger partial charge on any atom is 0.330 e. The lowest BCUT2D eigenvalue weighted by Crippen LogP contribution is -2.43. The van der Waals surface area contributed by atoms with Crippen LogP contribution in [0.25, 0.3) is 0 Å². The van der Waals surface area contributed by atoms with E-state index < -0.39 is 26.2 Å². The topological polar surface area (TPSA) is 81.4 Å². The van der Waals surface area contributed by atoms with Crippen molar-refractivity contribution in [1.29, 1.82) is 0 Å². The molecule has 1 aromatic rings. The fourth-order valence-electron chi connectivity index (χ4n) is 1.73. The van der Waals surface area contributed by atoms with Crippen LogP contribution in [0.3, 0.4) is 0 Å². The van der Waals surface area contributed by atoms with Crippen molar-refractivity contribution < 1.29 is 8.42 Å². The molecule has 0 N–H and O–H groups in total. The summed E-state index contributed by atoms with van der Waals surface area (Å²) < 4.78 is 27.8. The van der Waals surface area contributed by atoms with Gasteiger partial charge in [0.2, 0.25) is 0 Å². The van der Waals surface area contributed by atoms with Crippen molar-refractivity contribution in [3.63, 3.8) is 0 Å². The Morgan fingerprint density at radius 1 is 1.35 bits per heavy atom. The van der Waals surface area contributed by atoms with Crippen LogP contribution >= 0.6 is 0 Å². The lowest BCUT2D eigenvalue weighted by atomic mass is 10.5. The average Bonchev–Trinajstić information content (AvgIpc) is 2.40. The molecule has 0 spiro atoms. The normalized spacial score (nSPS) is 11.6. The summed E-state index contributed by atoms with van der Waals surface area (Å²) in [7, 11) is -1.41. The van der Waals surface area contributed by atoms with Gasteiger partial charge in [0.15, 0.2) is 4.90 Å². The molecule has 1 rings (SSSR count). The summed E-state index contributed by atoms with van der Waals surface area (Å²) in [6, 6.07) is 0. The standard InChI is InChI=1S/C12H17N3O4S/c1-5-7-15(8-6-2)20(18,19)10-9-13(3)12(17)14(4)11(10)16/h1,9H,6-8H2,2-4H3. The van der Waals surface area contributed by atoms with Crippen molar-refractivity contribution in [2.45, 2.75) is 18.2 Å². The quantitative estimate of drug-likeness (QED) is 0.661. The fraction of sp³-hybridized carbons (Fsp3) is 0.500. The summed E-state index contributed by atoms with van der Waals surface area (Å²) in [5.74, 6) is 2.26. The highest BCUT2D eigenvalue weighted by atomic mass is 32.2. The van der Waals surface area contributed by atoms with Gasteiger partial charge in [0.25, 0.3) is 15.6 Å². The van der Waals surface area contributed by atoms with Crippen molar-refractivity contribution >= 4 is 10.0 Å². The van der Waals surface area contributed by atoms with Crippen LogP contribution in [0, 0.1) is 12.3 Å². The molecule has 7 nitrogen and oxygen atoms in total. The minimum Gasteiger partial charge on any atom is -0.302 e. The number of rotatable bonds is 5. The van der Waals surface area contributed by atoms with Crippen molar-refractivity contribution in [2.75, 3.05) is 13.1 Å². The van der Waals surface area contributed by atoms with Gasteiger partial charge in [-0.3, -0.25) is 9.36 Å². The van der Waals surface area contributed by atoms with E-state index in [9.17, 15) is 18.0 Å². The lowest BCUT2D eigenvalue weighted by molar-refractivity contribution is 0.442. The molecule has 0 aromatic carbocycles. The number of aryl methyl sites for hydroxylation is 1. The van der Waals surface area contributed by atoms with Gasteiger partial charge in [-0.2, -0.15) is 4.31 Å². The minimum atomic E-state index is -4.02. The van der Waals surface area contributed by atoms with Gasteiger partial charge >= 0.3 is 5.69 Å². The lowest BCUT2D eigenvalue weighted by Gasteiger charge is -2.19. The van der Waals surface area contributed by atoms with Crippen LogP contribution < -0.4 is 11.2 Å². The molecule has 0 aliphatic carbocycles. The number of sulfonamides is 1. The first-order valence-corrected chi connectivity index (χ1v) is 7.41. The second kappa shape index (κ2) is 6.07. The highest BCUT2D eigenvalue weighted by Crippen LogP contribution is 2.10. The number of hydrogen-bond acceptors (Lipinski definition) is 4. The number of nitrogens with zero attached hydrogens (tertiary/aromatic N) is 3. The van der Waals surface area contributed by atoms with E-state index in [-0.39, 0.29) is 13.1 Å². The molecule has 0 saturated carbocycles. The molecular formula is C12H17N3O4S. The second-order valence-corrected chi connectivity index (χ2v) is 6.20. The second-order valence-electron chi connectivity index (χ2n) is 4.29. The monoisotopic (exact) mass is 299 g/mol. The van der Waals surface area contributed by atoms with Gasteiger partial charge in [-0.25, -0.2) is 13.2 Å². The summed E-state index contributed by atoms with van der Waals surface area (Å²) in [6.45, 7) is 1.89. The molecule has 0 unspecified atom stereocenters. The Morgan fingerprint density at radius 3 is 2.45 bits per heavy atom. The Bertz CT molecular complexity index is 752. The van der Waals surface area contributed by atoms with E-state index in [1.54, 1.807) is 6.92 Å².